The molecule has 0 fully saturated rings. The Bertz CT molecular complexity index is 1290. The normalized spacial score (nSPS) is 12.1. The molecule has 0 aromatic rings. The summed E-state index contributed by atoms with van der Waals surface area (Å²) < 4.78 is 70.5. The van der Waals surface area contributed by atoms with Gasteiger partial charge in [-0.3, -0.25) is 28.3 Å². The number of rotatable bonds is 36. The molecule has 0 spiro atoms. The van der Waals surface area contributed by atoms with Gasteiger partial charge < -0.3 is 29.3 Å². The number of carboxylic acids is 2. The van der Waals surface area contributed by atoms with Gasteiger partial charge in [-0.05, 0) is 12.8 Å². The van der Waals surface area contributed by atoms with Crippen LogP contribution in [0.25, 0.3) is 0 Å². The predicted octanol–water partition coefficient (Wildman–Crippen LogP) is -0.124. The van der Waals surface area contributed by atoms with Crippen LogP contribution in [0.15, 0.2) is 0 Å². The molecule has 0 aliphatic heterocycles. The fraction of sp³-hybridized carbons (Fsp3) is 0.850. The van der Waals surface area contributed by atoms with Crippen molar-refractivity contribution < 1.29 is 134 Å². The zero-order valence-electron chi connectivity index (χ0n) is 36.8. The third kappa shape index (κ3) is 42.3. The Morgan fingerprint density at radius 2 is 0.617 bits per heavy atom. The minimum absolute atomic E-state index is 0. The van der Waals surface area contributed by atoms with Crippen LogP contribution in [-0.2, 0) is 58.5 Å². The smallest absolute Gasteiger partial charge is 0.550 e. The van der Waals surface area contributed by atoms with Crippen LogP contribution in [0.4, 0.5) is 0 Å². The quantitative estimate of drug-likeness (QED) is 0.0272. The van der Waals surface area contributed by atoms with E-state index in [1.54, 1.807) is 0 Å². The minimum atomic E-state index is -5.00. The fourth-order valence-electron chi connectivity index (χ4n) is 5.96. The van der Waals surface area contributed by atoms with Crippen LogP contribution >= 0.6 is 0 Å². The second-order valence-corrected chi connectivity index (χ2v) is 17.9. The van der Waals surface area contributed by atoms with Gasteiger partial charge in [-0.1, -0.05) is 168 Å². The molecular weight excluding hydrogens is 847 g/mol. The van der Waals surface area contributed by atoms with Crippen LogP contribution in [-0.4, -0.2) is 72.3 Å². The monoisotopic (exact) mass is 916 g/mol. The Morgan fingerprint density at radius 3 is 0.800 bits per heavy atom. The van der Waals surface area contributed by atoms with Crippen molar-refractivity contribution in [2.24, 2.45) is 0 Å². The van der Waals surface area contributed by atoms with Crippen LogP contribution in [0.5, 0.6) is 0 Å². The van der Waals surface area contributed by atoms with Gasteiger partial charge in [-0.15, -0.1) is 0 Å². The SMILES string of the molecule is CCCCCCCCCCCCCCCC(=O)OC(=O)C(CC(=O)[O-])S(=O)(=O)O.CCCCCCCCCCCCCCCC(=O)OC(=O)C(CC(=O)[O-])S(=O)(=O)O.[Na+].[Na+]. The van der Waals surface area contributed by atoms with Gasteiger partial charge in [0.05, 0.1) is 0 Å². The van der Waals surface area contributed by atoms with Gasteiger partial charge >= 0.3 is 83.0 Å². The molecule has 0 heterocycles. The van der Waals surface area contributed by atoms with E-state index >= 15 is 0 Å². The number of hydrogen-bond acceptors (Lipinski definition) is 14. The van der Waals surface area contributed by atoms with E-state index in [9.17, 15) is 55.8 Å². The Hall–Kier alpha value is -0.960. The first kappa shape index (κ1) is 65.7. The first-order chi connectivity index (χ1) is 27.4. The molecular formula is C40H70Na2O16S2. The van der Waals surface area contributed by atoms with Crippen LogP contribution in [0.3, 0.4) is 0 Å². The molecule has 0 aromatic heterocycles. The molecule has 2 unspecified atom stereocenters. The number of ether oxygens (including phenoxy) is 2. The first-order valence-corrected chi connectivity index (χ1v) is 24.2. The van der Waals surface area contributed by atoms with Crippen molar-refractivity contribution in [3.8, 4) is 0 Å². The predicted molar refractivity (Wildman–Crippen MR) is 213 cm³/mol. The Labute approximate surface area is 403 Å². The largest absolute Gasteiger partial charge is 1.00 e. The van der Waals surface area contributed by atoms with Gasteiger partial charge in [-0.25, -0.2) is 0 Å². The van der Waals surface area contributed by atoms with Gasteiger partial charge in [0, 0.05) is 37.6 Å². The molecule has 340 valence electrons. The summed E-state index contributed by atoms with van der Waals surface area (Å²) in [4.78, 5) is 67.3. The van der Waals surface area contributed by atoms with Crippen molar-refractivity contribution in [1.29, 1.82) is 0 Å². The van der Waals surface area contributed by atoms with Crippen molar-refractivity contribution in [2.45, 2.75) is 217 Å². The van der Waals surface area contributed by atoms with Gasteiger partial charge in [0.1, 0.15) is 0 Å². The molecule has 0 aliphatic rings. The Balaban J connectivity index is -0.000000506. The van der Waals surface area contributed by atoms with Crippen LogP contribution < -0.4 is 69.3 Å². The molecule has 60 heavy (non-hydrogen) atoms. The zero-order valence-corrected chi connectivity index (χ0v) is 42.4. The summed E-state index contributed by atoms with van der Waals surface area (Å²) in [6, 6.07) is 0. The number of hydrogen-bond donors (Lipinski definition) is 2. The number of unbranched alkanes of at least 4 members (excludes halogenated alkanes) is 24. The summed E-state index contributed by atoms with van der Waals surface area (Å²) in [6.07, 6.45) is 26.8. The molecule has 0 saturated carbocycles. The summed E-state index contributed by atoms with van der Waals surface area (Å²) in [5.41, 5.74) is 0. The third-order valence-electron chi connectivity index (χ3n) is 9.35. The summed E-state index contributed by atoms with van der Waals surface area (Å²) in [6.45, 7) is 4.42. The Morgan fingerprint density at radius 1 is 0.417 bits per heavy atom. The number of esters is 4. The molecule has 0 aromatic carbocycles. The molecule has 0 radical (unpaired) electrons. The number of carboxylic acid groups (broad SMARTS) is 2. The molecule has 0 saturated heterocycles. The van der Waals surface area contributed by atoms with Crippen molar-refractivity contribution in [1.82, 2.24) is 0 Å². The van der Waals surface area contributed by atoms with E-state index in [0.29, 0.717) is 12.8 Å². The second kappa shape index (κ2) is 42.0. The Kier molecular flexibility index (Phi) is 46.0. The van der Waals surface area contributed by atoms with Gasteiger partial charge in [0.25, 0.3) is 20.2 Å². The maximum atomic E-state index is 11.6. The van der Waals surface area contributed by atoms with Gasteiger partial charge in [0.15, 0.2) is 10.5 Å². The minimum Gasteiger partial charge on any atom is -0.550 e. The van der Waals surface area contributed by atoms with Crippen molar-refractivity contribution in [2.75, 3.05) is 0 Å². The van der Waals surface area contributed by atoms with Crippen LogP contribution in [0.1, 0.15) is 206 Å². The molecule has 2 N–H and O–H groups in total. The molecule has 2 atom stereocenters. The van der Waals surface area contributed by atoms with E-state index in [0.717, 1.165) is 51.4 Å². The average molecular weight is 917 g/mol. The number of carbonyl (C=O) groups excluding carboxylic acids is 6. The number of aliphatic carboxylic acids is 2. The van der Waals surface area contributed by atoms with E-state index in [1.807, 2.05) is 0 Å². The molecule has 0 bridgehead atoms. The summed E-state index contributed by atoms with van der Waals surface area (Å²) >= 11 is 0. The van der Waals surface area contributed by atoms with Crippen LogP contribution in [0.2, 0.25) is 0 Å². The second-order valence-electron chi connectivity index (χ2n) is 14.7. The fourth-order valence-corrected chi connectivity index (χ4v) is 7.23. The van der Waals surface area contributed by atoms with E-state index in [1.165, 1.54) is 103 Å². The topological polar surface area (TPSA) is 276 Å². The standard InChI is InChI=1S/2C20H36O8S.2Na/c2*1-2-3-4-5-6-7-8-9-10-11-12-13-14-15-19(23)28-20(24)17(16-18(21)22)29(25,26)27;;/h2*17H,2-16H2,1H3,(H,21,22)(H,25,26,27);;/q;;2*+1/p-2. The third-order valence-corrected chi connectivity index (χ3v) is 11.5. The van der Waals surface area contributed by atoms with E-state index < -0.39 is 79.4 Å². The number of carbonyl (C=O) groups is 6. The zero-order chi connectivity index (χ0) is 44.2. The first-order valence-electron chi connectivity index (χ1n) is 21.2. The molecule has 0 rings (SSSR count). The van der Waals surface area contributed by atoms with E-state index in [2.05, 4.69) is 23.3 Å². The average Bonchev–Trinajstić information content (AvgIpc) is 3.12. The van der Waals surface area contributed by atoms with Crippen molar-refractivity contribution in [3.63, 3.8) is 0 Å². The maximum absolute atomic E-state index is 11.6. The van der Waals surface area contributed by atoms with E-state index in [-0.39, 0.29) is 72.0 Å². The van der Waals surface area contributed by atoms with Gasteiger partial charge in [0.2, 0.25) is 0 Å². The summed E-state index contributed by atoms with van der Waals surface area (Å²) in [7, 11) is -10.0. The van der Waals surface area contributed by atoms with Crippen LogP contribution in [0, 0.1) is 0 Å². The summed E-state index contributed by atoms with van der Waals surface area (Å²) in [5.74, 6) is -8.79. The van der Waals surface area contributed by atoms with Gasteiger partial charge in [-0.2, -0.15) is 16.8 Å². The summed E-state index contributed by atoms with van der Waals surface area (Å²) in [5, 5.41) is 16.2. The molecule has 20 heteroatoms. The maximum Gasteiger partial charge on any atom is 1.00 e. The van der Waals surface area contributed by atoms with Crippen molar-refractivity contribution in [3.05, 3.63) is 0 Å². The molecule has 0 amide bonds. The molecule has 16 nitrogen and oxygen atoms in total. The molecule has 0 aliphatic carbocycles. The van der Waals surface area contributed by atoms with Crippen molar-refractivity contribution >= 4 is 56.1 Å². The van der Waals surface area contributed by atoms with E-state index in [4.69, 9.17) is 9.11 Å².